The first-order chi connectivity index (χ1) is 13.2. The van der Waals surface area contributed by atoms with Gasteiger partial charge in [-0.2, -0.15) is 0 Å². The Morgan fingerprint density at radius 1 is 1.04 bits per heavy atom. The van der Waals surface area contributed by atoms with Gasteiger partial charge in [-0.25, -0.2) is 0 Å². The molecule has 0 amide bonds. The fourth-order valence-electron chi connectivity index (χ4n) is 4.49. The van der Waals surface area contributed by atoms with Crippen LogP contribution in [0.15, 0.2) is 59.4 Å². The monoisotopic (exact) mass is 356 g/mol. The zero-order valence-corrected chi connectivity index (χ0v) is 15.2. The largest absolute Gasteiger partial charge is 0.358 e. The third kappa shape index (κ3) is 2.33. The van der Waals surface area contributed by atoms with E-state index in [1.807, 2.05) is 42.6 Å². The second kappa shape index (κ2) is 6.02. The van der Waals surface area contributed by atoms with Gasteiger partial charge in [0.25, 0.3) is 0 Å². The van der Waals surface area contributed by atoms with Crippen molar-refractivity contribution in [2.45, 2.75) is 38.5 Å². The molecule has 1 aromatic carbocycles. The van der Waals surface area contributed by atoms with E-state index in [2.05, 4.69) is 17.2 Å². The lowest BCUT2D eigenvalue weighted by molar-refractivity contribution is -0.116. The molecule has 4 heteroatoms. The van der Waals surface area contributed by atoms with Gasteiger partial charge in [0.2, 0.25) is 0 Å². The highest BCUT2D eigenvalue weighted by molar-refractivity contribution is 6.23. The molecular formula is C23H20N2O2. The maximum atomic E-state index is 13.3. The zero-order chi connectivity index (χ0) is 18.5. The van der Waals surface area contributed by atoms with Gasteiger partial charge >= 0.3 is 0 Å². The number of rotatable bonds is 2. The normalized spacial score (nSPS) is 21.0. The SMILES string of the molecule is CCc1ccc(C2C3=C(CCCC3=O)NC3=C2C(=O)c2ccccc23)cn1. The second-order valence-electron chi connectivity index (χ2n) is 7.33. The molecule has 1 aromatic heterocycles. The first-order valence-electron chi connectivity index (χ1n) is 9.55. The Balaban J connectivity index is 1.72. The van der Waals surface area contributed by atoms with Crippen LogP contribution in [0.3, 0.4) is 0 Å². The van der Waals surface area contributed by atoms with Crippen LogP contribution in [0.1, 0.15) is 59.3 Å². The number of Topliss-reactive ketones (excluding diaryl/α,β-unsaturated/α-hetero) is 2. The smallest absolute Gasteiger partial charge is 0.192 e. The Bertz CT molecular complexity index is 1040. The minimum atomic E-state index is -0.331. The average molecular weight is 356 g/mol. The lowest BCUT2D eigenvalue weighted by Gasteiger charge is -2.33. The number of nitrogens with zero attached hydrogens (tertiary/aromatic N) is 1. The minimum absolute atomic E-state index is 0.0163. The van der Waals surface area contributed by atoms with E-state index in [4.69, 9.17) is 0 Å². The molecule has 0 saturated heterocycles. The highest BCUT2D eigenvalue weighted by atomic mass is 16.1. The summed E-state index contributed by atoms with van der Waals surface area (Å²) >= 11 is 0. The Kier molecular flexibility index (Phi) is 3.61. The number of allylic oxidation sites excluding steroid dienone is 3. The van der Waals surface area contributed by atoms with Crippen LogP contribution in [0.4, 0.5) is 0 Å². The van der Waals surface area contributed by atoms with E-state index < -0.39 is 0 Å². The maximum absolute atomic E-state index is 13.3. The van der Waals surface area contributed by atoms with E-state index in [-0.39, 0.29) is 17.5 Å². The van der Waals surface area contributed by atoms with E-state index in [0.29, 0.717) is 17.6 Å². The van der Waals surface area contributed by atoms with E-state index >= 15 is 0 Å². The first kappa shape index (κ1) is 16.2. The van der Waals surface area contributed by atoms with Crippen molar-refractivity contribution >= 4 is 17.3 Å². The molecule has 0 spiro atoms. The number of pyridine rings is 1. The lowest BCUT2D eigenvalue weighted by Crippen LogP contribution is -2.31. The molecule has 1 N–H and O–H groups in total. The van der Waals surface area contributed by atoms with Gasteiger partial charge in [0.05, 0.1) is 5.70 Å². The molecule has 1 aliphatic heterocycles. The Labute approximate surface area is 158 Å². The van der Waals surface area contributed by atoms with Crippen molar-refractivity contribution in [2.24, 2.45) is 0 Å². The number of nitrogens with one attached hydrogen (secondary N) is 1. The zero-order valence-electron chi connectivity index (χ0n) is 15.2. The lowest BCUT2D eigenvalue weighted by atomic mass is 9.75. The third-order valence-electron chi connectivity index (χ3n) is 5.81. The summed E-state index contributed by atoms with van der Waals surface area (Å²) in [5.74, 6) is -0.173. The summed E-state index contributed by atoms with van der Waals surface area (Å²) in [7, 11) is 0. The summed E-state index contributed by atoms with van der Waals surface area (Å²) in [4.78, 5) is 30.7. The molecule has 2 heterocycles. The first-order valence-corrected chi connectivity index (χ1v) is 9.55. The summed E-state index contributed by atoms with van der Waals surface area (Å²) in [6, 6.07) is 11.7. The van der Waals surface area contributed by atoms with Gasteiger partial charge in [-0.05, 0) is 30.9 Å². The van der Waals surface area contributed by atoms with E-state index in [1.54, 1.807) is 0 Å². The fourth-order valence-corrected chi connectivity index (χ4v) is 4.49. The molecule has 0 saturated carbocycles. The molecule has 0 radical (unpaired) electrons. The predicted molar refractivity (Wildman–Crippen MR) is 103 cm³/mol. The van der Waals surface area contributed by atoms with E-state index in [0.717, 1.165) is 53.1 Å². The van der Waals surface area contributed by atoms with Crippen molar-refractivity contribution in [2.75, 3.05) is 0 Å². The summed E-state index contributed by atoms with van der Waals surface area (Å²) in [5, 5.41) is 3.45. The number of aryl methyl sites for hydroxylation is 1. The average Bonchev–Trinajstić information content (AvgIpc) is 2.99. The number of ketones is 2. The molecular weight excluding hydrogens is 336 g/mol. The van der Waals surface area contributed by atoms with Gasteiger partial charge in [0.1, 0.15) is 0 Å². The number of aromatic nitrogens is 1. The van der Waals surface area contributed by atoms with Gasteiger partial charge < -0.3 is 5.32 Å². The number of carbonyl (C=O) groups excluding carboxylic acids is 2. The highest BCUT2D eigenvalue weighted by Crippen LogP contribution is 2.48. The van der Waals surface area contributed by atoms with Crippen molar-refractivity contribution in [3.63, 3.8) is 0 Å². The van der Waals surface area contributed by atoms with E-state index in [9.17, 15) is 9.59 Å². The minimum Gasteiger partial charge on any atom is -0.358 e. The fraction of sp³-hybridized carbons (Fsp3) is 0.261. The second-order valence-corrected chi connectivity index (χ2v) is 7.33. The molecule has 1 unspecified atom stereocenters. The number of carbonyl (C=O) groups is 2. The van der Waals surface area contributed by atoms with Crippen LogP contribution in [0.25, 0.3) is 5.70 Å². The molecule has 1 atom stereocenters. The van der Waals surface area contributed by atoms with Gasteiger partial charge in [0.15, 0.2) is 11.6 Å². The van der Waals surface area contributed by atoms with E-state index in [1.165, 1.54) is 0 Å². The Morgan fingerprint density at radius 3 is 2.59 bits per heavy atom. The molecule has 4 nitrogen and oxygen atoms in total. The van der Waals surface area contributed by atoms with Crippen LogP contribution in [-0.4, -0.2) is 16.6 Å². The van der Waals surface area contributed by atoms with Crippen molar-refractivity contribution in [3.8, 4) is 0 Å². The molecule has 0 bridgehead atoms. The molecule has 5 rings (SSSR count). The van der Waals surface area contributed by atoms with Crippen LogP contribution in [0.2, 0.25) is 0 Å². The number of fused-ring (bicyclic) bond motifs is 2. The van der Waals surface area contributed by atoms with Crippen LogP contribution in [0, 0.1) is 0 Å². The van der Waals surface area contributed by atoms with Gasteiger partial charge in [0, 0.05) is 52.2 Å². The van der Waals surface area contributed by atoms with Gasteiger partial charge in [-0.1, -0.05) is 37.3 Å². The summed E-state index contributed by atoms with van der Waals surface area (Å²) in [6.07, 6.45) is 4.93. The molecule has 0 fully saturated rings. The van der Waals surface area contributed by atoms with Gasteiger partial charge in [-0.15, -0.1) is 0 Å². The third-order valence-corrected chi connectivity index (χ3v) is 5.81. The van der Waals surface area contributed by atoms with Crippen LogP contribution < -0.4 is 5.32 Å². The van der Waals surface area contributed by atoms with Crippen molar-refractivity contribution in [1.82, 2.24) is 10.3 Å². The van der Waals surface area contributed by atoms with Crippen LogP contribution >= 0.6 is 0 Å². The number of hydrogen-bond donors (Lipinski definition) is 1. The summed E-state index contributed by atoms with van der Waals surface area (Å²) in [5.41, 5.74) is 6.86. The van der Waals surface area contributed by atoms with Crippen LogP contribution in [-0.2, 0) is 11.2 Å². The standard InChI is InChI=1S/C23H20N2O2/c1-2-14-11-10-13(12-24-14)19-20-17(8-5-9-18(20)26)25-22-15-6-3-4-7-16(15)23(27)21(19)22/h3-4,6-7,10-12,19,25H,2,5,8-9H2,1H3. The Morgan fingerprint density at radius 2 is 1.85 bits per heavy atom. The van der Waals surface area contributed by atoms with Gasteiger partial charge in [-0.3, -0.25) is 14.6 Å². The van der Waals surface area contributed by atoms with Crippen molar-refractivity contribution in [1.29, 1.82) is 0 Å². The summed E-state index contributed by atoms with van der Waals surface area (Å²) < 4.78 is 0. The Hall–Kier alpha value is -3.01. The van der Waals surface area contributed by atoms with Crippen molar-refractivity contribution < 1.29 is 9.59 Å². The number of dihydropyridines is 1. The van der Waals surface area contributed by atoms with Crippen molar-refractivity contribution in [3.05, 3.63) is 81.8 Å². The molecule has 2 aliphatic carbocycles. The molecule has 134 valence electrons. The molecule has 3 aliphatic rings. The number of benzene rings is 1. The highest BCUT2D eigenvalue weighted by Gasteiger charge is 2.43. The van der Waals surface area contributed by atoms with Crippen LogP contribution in [0.5, 0.6) is 0 Å². The summed E-state index contributed by atoms with van der Waals surface area (Å²) in [6.45, 7) is 2.07. The molecule has 2 aromatic rings. The maximum Gasteiger partial charge on any atom is 0.192 e. The quantitative estimate of drug-likeness (QED) is 0.885. The topological polar surface area (TPSA) is 59.1 Å². The number of hydrogen-bond acceptors (Lipinski definition) is 4. The predicted octanol–water partition coefficient (Wildman–Crippen LogP) is 3.95. The molecule has 27 heavy (non-hydrogen) atoms.